The van der Waals surface area contributed by atoms with Gasteiger partial charge < -0.3 is 20.3 Å². The largest absolute Gasteiger partial charge is 0.495 e. The summed E-state index contributed by atoms with van der Waals surface area (Å²) >= 11 is 0. The Balaban J connectivity index is 0.00000306. The number of rotatable bonds is 7. The highest BCUT2D eigenvalue weighted by molar-refractivity contribution is 14.0. The lowest BCUT2D eigenvalue weighted by molar-refractivity contribution is 0.255. The second-order valence-electron chi connectivity index (χ2n) is 9.07. The van der Waals surface area contributed by atoms with Crippen LogP contribution in [0.25, 0.3) is 0 Å². The maximum absolute atomic E-state index is 5.54. The van der Waals surface area contributed by atoms with E-state index in [1.807, 2.05) is 19.2 Å². The molecule has 33 heavy (non-hydrogen) atoms. The predicted molar refractivity (Wildman–Crippen MR) is 148 cm³/mol. The number of guanidine groups is 1. The Bertz CT molecular complexity index is 893. The molecular weight excluding hydrogens is 525 g/mol. The Labute approximate surface area is 215 Å². The predicted octanol–water partition coefficient (Wildman–Crippen LogP) is 3.97. The number of ether oxygens (including phenoxy) is 1. The molecule has 0 amide bonds. The van der Waals surface area contributed by atoms with Crippen LogP contribution in [0.2, 0.25) is 0 Å². The lowest BCUT2D eigenvalue weighted by Crippen LogP contribution is -2.46. The first-order valence-corrected chi connectivity index (χ1v) is 11.8. The smallest absolute Gasteiger partial charge is 0.191 e. The summed E-state index contributed by atoms with van der Waals surface area (Å²) in [6.45, 7) is 7.44. The molecule has 2 aliphatic heterocycles. The van der Waals surface area contributed by atoms with Crippen LogP contribution in [-0.4, -0.2) is 63.3 Å². The molecular formula is C26H38IN5O. The number of nitrogens with one attached hydrogen (secondary N) is 2. The minimum atomic E-state index is 0. The van der Waals surface area contributed by atoms with Crippen LogP contribution in [-0.2, 0) is 6.54 Å². The van der Waals surface area contributed by atoms with Gasteiger partial charge >= 0.3 is 0 Å². The van der Waals surface area contributed by atoms with E-state index in [-0.39, 0.29) is 24.0 Å². The van der Waals surface area contributed by atoms with Crippen LogP contribution in [0.3, 0.4) is 0 Å². The number of aliphatic imine (C=N–C) groups is 1. The van der Waals surface area contributed by atoms with Crippen LogP contribution in [0.5, 0.6) is 5.75 Å². The van der Waals surface area contributed by atoms with E-state index in [1.165, 1.54) is 17.7 Å². The number of halogens is 1. The number of nitrogens with zero attached hydrogens (tertiary/aromatic N) is 3. The van der Waals surface area contributed by atoms with E-state index >= 15 is 0 Å². The summed E-state index contributed by atoms with van der Waals surface area (Å²) < 4.78 is 5.54. The van der Waals surface area contributed by atoms with Crippen LogP contribution < -0.4 is 20.3 Å². The van der Waals surface area contributed by atoms with E-state index in [4.69, 9.17) is 4.74 Å². The number of likely N-dealkylation sites (tertiary alicyclic amines) is 1. The van der Waals surface area contributed by atoms with Crippen molar-refractivity contribution >= 4 is 35.6 Å². The number of anilines is 1. The second kappa shape index (κ2) is 12.5. The molecule has 2 heterocycles. The molecule has 0 saturated carbocycles. The molecule has 7 heteroatoms. The van der Waals surface area contributed by atoms with E-state index in [9.17, 15) is 0 Å². The minimum Gasteiger partial charge on any atom is -0.495 e. The average Bonchev–Trinajstić information content (AvgIpc) is 3.43. The maximum Gasteiger partial charge on any atom is 0.191 e. The van der Waals surface area contributed by atoms with Gasteiger partial charge in [-0.2, -0.15) is 0 Å². The topological polar surface area (TPSA) is 52.1 Å². The molecule has 3 unspecified atom stereocenters. The number of para-hydroxylation sites is 2. The molecule has 3 atom stereocenters. The molecule has 0 spiro atoms. The van der Waals surface area contributed by atoms with Gasteiger partial charge in [0, 0.05) is 51.9 Å². The summed E-state index contributed by atoms with van der Waals surface area (Å²) in [6, 6.07) is 20.0. The second-order valence-corrected chi connectivity index (χ2v) is 9.07. The third kappa shape index (κ3) is 6.76. The number of hydrogen-bond donors (Lipinski definition) is 2. The van der Waals surface area contributed by atoms with Crippen molar-refractivity contribution in [2.75, 3.05) is 45.2 Å². The monoisotopic (exact) mass is 563 g/mol. The van der Waals surface area contributed by atoms with Crippen LogP contribution in [0.1, 0.15) is 25.3 Å². The summed E-state index contributed by atoms with van der Waals surface area (Å²) in [7, 11) is 3.60. The molecule has 0 aromatic heterocycles. The Morgan fingerprint density at radius 2 is 1.85 bits per heavy atom. The van der Waals surface area contributed by atoms with Crippen LogP contribution in [0.15, 0.2) is 59.6 Å². The standard InChI is InChI=1S/C26H37N5O.HI/c1-20-15-22(18-31(20)17-21-9-5-4-6-10-21)16-28-26(27-2)29-23-13-14-30(19-23)24-11-7-8-12-25(24)32-3;/h4-12,20,22-23H,13-19H2,1-3H3,(H2,27,28,29);1H. The van der Waals surface area contributed by atoms with Gasteiger partial charge in [0.15, 0.2) is 5.96 Å². The van der Waals surface area contributed by atoms with Gasteiger partial charge in [-0.15, -0.1) is 24.0 Å². The van der Waals surface area contributed by atoms with Gasteiger partial charge in [-0.25, -0.2) is 0 Å². The molecule has 180 valence electrons. The number of hydrogen-bond acceptors (Lipinski definition) is 4. The Morgan fingerprint density at radius 3 is 2.61 bits per heavy atom. The minimum absolute atomic E-state index is 0. The van der Waals surface area contributed by atoms with Gasteiger partial charge in [0.25, 0.3) is 0 Å². The quantitative estimate of drug-likeness (QED) is 0.304. The number of benzene rings is 2. The average molecular weight is 564 g/mol. The molecule has 2 N–H and O–H groups in total. The highest BCUT2D eigenvalue weighted by Gasteiger charge is 2.29. The molecule has 2 aromatic carbocycles. The van der Waals surface area contributed by atoms with Gasteiger partial charge in [-0.05, 0) is 43.4 Å². The van der Waals surface area contributed by atoms with Crippen molar-refractivity contribution in [3.63, 3.8) is 0 Å². The summed E-state index contributed by atoms with van der Waals surface area (Å²) in [4.78, 5) is 9.48. The van der Waals surface area contributed by atoms with Crippen molar-refractivity contribution < 1.29 is 4.74 Å². The van der Waals surface area contributed by atoms with Gasteiger partial charge in [-0.1, -0.05) is 42.5 Å². The lowest BCUT2D eigenvalue weighted by Gasteiger charge is -2.23. The molecule has 2 fully saturated rings. The van der Waals surface area contributed by atoms with Gasteiger partial charge in [0.05, 0.1) is 12.8 Å². The highest BCUT2D eigenvalue weighted by Crippen LogP contribution is 2.30. The number of methoxy groups -OCH3 is 1. The zero-order valence-electron chi connectivity index (χ0n) is 20.0. The Kier molecular flexibility index (Phi) is 9.67. The fourth-order valence-electron chi connectivity index (χ4n) is 5.02. The molecule has 2 aromatic rings. The molecule has 0 aliphatic carbocycles. The summed E-state index contributed by atoms with van der Waals surface area (Å²) in [6.07, 6.45) is 2.31. The normalized spacial score (nSPS) is 23.3. The first kappa shape index (κ1) is 25.6. The Hall–Kier alpha value is -2.00. The van der Waals surface area contributed by atoms with Crippen molar-refractivity contribution in [3.05, 3.63) is 60.2 Å². The zero-order valence-corrected chi connectivity index (χ0v) is 22.4. The third-order valence-electron chi connectivity index (χ3n) is 6.76. The molecule has 2 aliphatic rings. The van der Waals surface area contributed by atoms with E-state index in [1.54, 1.807) is 7.11 Å². The van der Waals surface area contributed by atoms with Gasteiger partial charge in [-0.3, -0.25) is 9.89 Å². The molecule has 4 rings (SSSR count). The molecule has 6 nitrogen and oxygen atoms in total. The SMILES string of the molecule is CN=C(NCC1CC(C)N(Cc2ccccc2)C1)NC1CCN(c2ccccc2OC)C1.I. The van der Waals surface area contributed by atoms with Crippen molar-refractivity contribution in [2.45, 2.75) is 38.4 Å². The molecule has 0 radical (unpaired) electrons. The van der Waals surface area contributed by atoms with E-state index in [0.29, 0.717) is 18.0 Å². The highest BCUT2D eigenvalue weighted by atomic mass is 127. The van der Waals surface area contributed by atoms with E-state index < -0.39 is 0 Å². The van der Waals surface area contributed by atoms with Gasteiger partial charge in [0.1, 0.15) is 5.75 Å². The van der Waals surface area contributed by atoms with Crippen LogP contribution >= 0.6 is 24.0 Å². The van der Waals surface area contributed by atoms with Crippen molar-refractivity contribution in [1.29, 1.82) is 0 Å². The van der Waals surface area contributed by atoms with Gasteiger partial charge in [0.2, 0.25) is 0 Å². The summed E-state index contributed by atoms with van der Waals surface area (Å²) in [5.74, 6) is 2.48. The summed E-state index contributed by atoms with van der Waals surface area (Å²) in [5.41, 5.74) is 2.56. The first-order valence-electron chi connectivity index (χ1n) is 11.8. The fraction of sp³-hybridized carbons (Fsp3) is 0.500. The Morgan fingerprint density at radius 1 is 1.09 bits per heavy atom. The molecule has 2 saturated heterocycles. The maximum atomic E-state index is 5.54. The van der Waals surface area contributed by atoms with Crippen LogP contribution in [0.4, 0.5) is 5.69 Å². The summed E-state index contributed by atoms with van der Waals surface area (Å²) in [5, 5.41) is 7.22. The van der Waals surface area contributed by atoms with Crippen molar-refractivity contribution in [1.82, 2.24) is 15.5 Å². The molecule has 0 bridgehead atoms. The third-order valence-corrected chi connectivity index (χ3v) is 6.76. The van der Waals surface area contributed by atoms with Crippen LogP contribution in [0, 0.1) is 5.92 Å². The van der Waals surface area contributed by atoms with E-state index in [0.717, 1.165) is 50.9 Å². The van der Waals surface area contributed by atoms with Crippen molar-refractivity contribution in [2.24, 2.45) is 10.9 Å². The van der Waals surface area contributed by atoms with E-state index in [2.05, 4.69) is 74.8 Å². The fourth-order valence-corrected chi connectivity index (χ4v) is 5.02. The van der Waals surface area contributed by atoms with Crippen molar-refractivity contribution in [3.8, 4) is 5.75 Å². The first-order chi connectivity index (χ1) is 15.7. The lowest BCUT2D eigenvalue weighted by atomic mass is 10.1. The zero-order chi connectivity index (χ0) is 22.3.